The van der Waals surface area contributed by atoms with Crippen LogP contribution in [0.15, 0.2) is 5.38 Å². The summed E-state index contributed by atoms with van der Waals surface area (Å²) in [6.07, 6.45) is 4.76. The van der Waals surface area contributed by atoms with E-state index in [1.54, 1.807) is 11.3 Å². The Morgan fingerprint density at radius 3 is 3.25 bits per heavy atom. The van der Waals surface area contributed by atoms with Crippen molar-refractivity contribution in [3.8, 4) is 0 Å². The summed E-state index contributed by atoms with van der Waals surface area (Å²) in [5.41, 5.74) is 6.70. The normalized spacial score (nSPS) is 22.5. The fourth-order valence-corrected chi connectivity index (χ4v) is 3.34. The highest BCUT2D eigenvalue weighted by molar-refractivity contribution is 7.09. The Kier molecular flexibility index (Phi) is 4.32. The van der Waals surface area contributed by atoms with E-state index in [1.807, 2.05) is 0 Å². The summed E-state index contributed by atoms with van der Waals surface area (Å²) in [5.74, 6) is 0.802. The van der Waals surface area contributed by atoms with E-state index in [4.69, 9.17) is 5.73 Å². The van der Waals surface area contributed by atoms with Crippen LogP contribution in [0.25, 0.3) is 0 Å². The summed E-state index contributed by atoms with van der Waals surface area (Å²) in [6, 6.07) is 0. The monoisotopic (exact) mass is 239 g/mol. The van der Waals surface area contributed by atoms with Gasteiger partial charge in [-0.25, -0.2) is 4.98 Å². The molecule has 0 aliphatic carbocycles. The van der Waals surface area contributed by atoms with Crippen molar-refractivity contribution in [1.29, 1.82) is 0 Å². The van der Waals surface area contributed by atoms with Crippen molar-refractivity contribution in [2.45, 2.75) is 25.7 Å². The number of rotatable bonds is 4. The molecule has 1 aromatic rings. The van der Waals surface area contributed by atoms with Gasteiger partial charge in [0.15, 0.2) is 0 Å². The van der Waals surface area contributed by atoms with Gasteiger partial charge in [-0.1, -0.05) is 0 Å². The molecule has 1 fully saturated rings. The molecule has 3 nitrogen and oxygen atoms in total. The second-order valence-electron chi connectivity index (χ2n) is 4.75. The van der Waals surface area contributed by atoms with Crippen LogP contribution in [0.1, 0.15) is 23.5 Å². The predicted octanol–water partition coefficient (Wildman–Crippen LogP) is 1.53. The molecule has 0 aromatic carbocycles. The first-order valence-electron chi connectivity index (χ1n) is 6.10. The van der Waals surface area contributed by atoms with Crippen LogP contribution in [0, 0.1) is 5.92 Å². The standard InChI is InChI=1S/C12H21N3S/c1-15-6-2-3-10(8-15)7-12-14-11(4-5-13)9-16-12/h9-10H,2-8,13H2,1H3. The van der Waals surface area contributed by atoms with E-state index in [2.05, 4.69) is 22.3 Å². The molecule has 1 unspecified atom stereocenters. The minimum absolute atomic E-state index is 0.704. The van der Waals surface area contributed by atoms with E-state index in [-0.39, 0.29) is 0 Å². The third-order valence-corrected chi connectivity index (χ3v) is 4.11. The van der Waals surface area contributed by atoms with E-state index < -0.39 is 0 Å². The number of likely N-dealkylation sites (tertiary alicyclic amines) is 1. The summed E-state index contributed by atoms with van der Waals surface area (Å²) in [5, 5.41) is 3.46. The van der Waals surface area contributed by atoms with Crippen molar-refractivity contribution in [3.05, 3.63) is 16.1 Å². The van der Waals surface area contributed by atoms with Crippen LogP contribution in [0.3, 0.4) is 0 Å². The maximum Gasteiger partial charge on any atom is 0.0931 e. The molecule has 1 saturated heterocycles. The summed E-state index contributed by atoms with van der Waals surface area (Å²) in [7, 11) is 2.22. The fourth-order valence-electron chi connectivity index (χ4n) is 2.39. The summed E-state index contributed by atoms with van der Waals surface area (Å²) in [4.78, 5) is 7.07. The average Bonchev–Trinajstić information content (AvgIpc) is 2.66. The molecule has 1 aromatic heterocycles. The van der Waals surface area contributed by atoms with Crippen molar-refractivity contribution in [2.24, 2.45) is 11.7 Å². The second-order valence-corrected chi connectivity index (χ2v) is 5.69. The molecule has 2 heterocycles. The van der Waals surface area contributed by atoms with E-state index in [0.29, 0.717) is 6.54 Å². The third-order valence-electron chi connectivity index (χ3n) is 3.19. The van der Waals surface area contributed by atoms with Gasteiger partial charge in [0.2, 0.25) is 0 Å². The lowest BCUT2D eigenvalue weighted by molar-refractivity contribution is 0.209. The Morgan fingerprint density at radius 1 is 1.62 bits per heavy atom. The molecule has 16 heavy (non-hydrogen) atoms. The molecule has 0 spiro atoms. The Balaban J connectivity index is 1.87. The van der Waals surface area contributed by atoms with Crippen LogP contribution in [0.2, 0.25) is 0 Å². The van der Waals surface area contributed by atoms with Crippen molar-refractivity contribution in [1.82, 2.24) is 9.88 Å². The number of hydrogen-bond acceptors (Lipinski definition) is 4. The topological polar surface area (TPSA) is 42.2 Å². The van der Waals surface area contributed by atoms with Gasteiger partial charge in [-0.15, -0.1) is 11.3 Å². The molecule has 0 bridgehead atoms. The molecule has 1 atom stereocenters. The number of piperidine rings is 1. The SMILES string of the molecule is CN1CCCC(Cc2nc(CCN)cs2)C1. The van der Waals surface area contributed by atoms with Gasteiger partial charge < -0.3 is 10.6 Å². The van der Waals surface area contributed by atoms with Crippen molar-refractivity contribution < 1.29 is 0 Å². The molecular weight excluding hydrogens is 218 g/mol. The van der Waals surface area contributed by atoms with Gasteiger partial charge in [-0.2, -0.15) is 0 Å². The number of thiazole rings is 1. The third kappa shape index (κ3) is 3.27. The first-order valence-corrected chi connectivity index (χ1v) is 6.98. The molecule has 90 valence electrons. The number of aromatic nitrogens is 1. The van der Waals surface area contributed by atoms with Crippen molar-refractivity contribution in [2.75, 3.05) is 26.7 Å². The van der Waals surface area contributed by atoms with Crippen LogP contribution in [-0.4, -0.2) is 36.6 Å². The zero-order chi connectivity index (χ0) is 11.4. The molecule has 0 radical (unpaired) electrons. The van der Waals surface area contributed by atoms with Crippen LogP contribution in [-0.2, 0) is 12.8 Å². The maximum absolute atomic E-state index is 5.53. The van der Waals surface area contributed by atoms with Gasteiger partial charge in [-0.3, -0.25) is 0 Å². The molecule has 1 aliphatic heterocycles. The van der Waals surface area contributed by atoms with Gasteiger partial charge in [0.1, 0.15) is 0 Å². The van der Waals surface area contributed by atoms with E-state index in [9.17, 15) is 0 Å². The summed E-state index contributed by atoms with van der Waals surface area (Å²) >= 11 is 1.80. The van der Waals surface area contributed by atoms with Crippen LogP contribution in [0.4, 0.5) is 0 Å². The van der Waals surface area contributed by atoms with Gasteiger partial charge in [0, 0.05) is 24.8 Å². The van der Waals surface area contributed by atoms with Crippen LogP contribution in [0.5, 0.6) is 0 Å². The zero-order valence-electron chi connectivity index (χ0n) is 9.98. The zero-order valence-corrected chi connectivity index (χ0v) is 10.8. The Morgan fingerprint density at radius 2 is 2.50 bits per heavy atom. The maximum atomic E-state index is 5.53. The van der Waals surface area contributed by atoms with Gasteiger partial charge >= 0.3 is 0 Å². The highest BCUT2D eigenvalue weighted by Crippen LogP contribution is 2.21. The summed E-state index contributed by atoms with van der Waals surface area (Å²) in [6.45, 7) is 3.19. The highest BCUT2D eigenvalue weighted by Gasteiger charge is 2.18. The molecular formula is C12H21N3S. The van der Waals surface area contributed by atoms with Crippen molar-refractivity contribution in [3.63, 3.8) is 0 Å². The first kappa shape index (κ1) is 12.0. The lowest BCUT2D eigenvalue weighted by atomic mass is 9.95. The lowest BCUT2D eigenvalue weighted by Crippen LogP contribution is -2.32. The average molecular weight is 239 g/mol. The quantitative estimate of drug-likeness (QED) is 0.866. The van der Waals surface area contributed by atoms with E-state index in [1.165, 1.54) is 36.6 Å². The highest BCUT2D eigenvalue weighted by atomic mass is 32.1. The summed E-state index contributed by atoms with van der Waals surface area (Å²) < 4.78 is 0. The van der Waals surface area contributed by atoms with Gasteiger partial charge in [0.05, 0.1) is 10.7 Å². The molecule has 1 aliphatic rings. The molecule has 2 N–H and O–H groups in total. The number of nitrogens with zero attached hydrogens (tertiary/aromatic N) is 2. The molecule has 2 rings (SSSR count). The van der Waals surface area contributed by atoms with Crippen LogP contribution < -0.4 is 5.73 Å². The van der Waals surface area contributed by atoms with Gasteiger partial charge in [0.25, 0.3) is 0 Å². The minimum atomic E-state index is 0.704. The number of hydrogen-bond donors (Lipinski definition) is 1. The predicted molar refractivity (Wildman–Crippen MR) is 68.8 cm³/mol. The van der Waals surface area contributed by atoms with Gasteiger partial charge in [-0.05, 0) is 38.9 Å². The molecule has 0 saturated carbocycles. The Bertz CT molecular complexity index is 324. The van der Waals surface area contributed by atoms with Crippen LogP contribution >= 0.6 is 11.3 Å². The fraction of sp³-hybridized carbons (Fsp3) is 0.750. The second kappa shape index (κ2) is 5.75. The number of nitrogens with two attached hydrogens (primary N) is 1. The van der Waals surface area contributed by atoms with E-state index >= 15 is 0 Å². The van der Waals surface area contributed by atoms with E-state index in [0.717, 1.165) is 18.8 Å². The Hall–Kier alpha value is -0.450. The molecule has 4 heteroatoms. The minimum Gasteiger partial charge on any atom is -0.330 e. The lowest BCUT2D eigenvalue weighted by Gasteiger charge is -2.29. The molecule has 0 amide bonds. The largest absolute Gasteiger partial charge is 0.330 e. The first-order chi connectivity index (χ1) is 7.78. The smallest absolute Gasteiger partial charge is 0.0931 e. The Labute approximate surface area is 102 Å². The van der Waals surface area contributed by atoms with Crippen molar-refractivity contribution >= 4 is 11.3 Å².